The lowest BCUT2D eigenvalue weighted by Crippen LogP contribution is -2.56. The van der Waals surface area contributed by atoms with Gasteiger partial charge in [0.1, 0.15) is 29.6 Å². The maximum Gasteiger partial charge on any atom is 0.409 e. The van der Waals surface area contributed by atoms with E-state index in [1.54, 1.807) is 28.9 Å². The molecule has 1 aliphatic carbocycles. The normalized spacial score (nSPS) is 17.9. The number of pyridine rings is 1. The minimum atomic E-state index is -1.10. The van der Waals surface area contributed by atoms with E-state index >= 15 is 0 Å². The SMILES string of the molecule is CCOC(=O)N1CCN(C(=O)C(CCC(=O)OC(CC)CC)NC(=O)c2cc(OCC(=O)N3CCCC3C(=O)NC3CCC3)c3ccc(C)cc3n2)CC1. The number of benzene rings is 1. The topological polar surface area (TPSA) is 177 Å². The van der Waals surface area contributed by atoms with Gasteiger partial charge in [-0.25, -0.2) is 9.78 Å². The fourth-order valence-electron chi connectivity index (χ4n) is 6.95. The molecular formula is C39H54N6O9. The van der Waals surface area contributed by atoms with Crippen LogP contribution >= 0.6 is 0 Å². The molecule has 2 aromatic rings. The van der Waals surface area contributed by atoms with Gasteiger partial charge in [-0.1, -0.05) is 19.9 Å². The molecule has 3 fully saturated rings. The molecule has 2 saturated heterocycles. The van der Waals surface area contributed by atoms with Gasteiger partial charge in [-0.3, -0.25) is 24.0 Å². The van der Waals surface area contributed by atoms with Crippen LogP contribution in [0.25, 0.3) is 10.9 Å². The molecule has 3 heterocycles. The molecule has 1 aromatic heterocycles. The molecular weight excluding hydrogens is 696 g/mol. The minimum absolute atomic E-state index is 0.0163. The van der Waals surface area contributed by atoms with E-state index in [-0.39, 0.29) is 87.6 Å². The number of piperazine rings is 1. The van der Waals surface area contributed by atoms with Crippen molar-refractivity contribution < 1.29 is 43.0 Å². The number of aromatic nitrogens is 1. The monoisotopic (exact) mass is 750 g/mol. The summed E-state index contributed by atoms with van der Waals surface area (Å²) in [6, 6.07) is 5.43. The number of ether oxygens (including phenoxy) is 3. The molecule has 5 rings (SSSR count). The second-order valence-electron chi connectivity index (χ2n) is 14.2. The molecule has 3 aliphatic rings. The lowest BCUT2D eigenvalue weighted by molar-refractivity contribution is -0.149. The van der Waals surface area contributed by atoms with Crippen molar-refractivity contribution in [1.29, 1.82) is 0 Å². The highest BCUT2D eigenvalue weighted by Gasteiger charge is 2.36. The summed E-state index contributed by atoms with van der Waals surface area (Å²) < 4.78 is 16.7. The van der Waals surface area contributed by atoms with Gasteiger partial charge in [0, 0.05) is 56.6 Å². The smallest absolute Gasteiger partial charge is 0.409 e. The summed E-state index contributed by atoms with van der Waals surface area (Å²) in [7, 11) is 0. The Morgan fingerprint density at radius 3 is 2.30 bits per heavy atom. The maximum atomic E-state index is 13.9. The number of nitrogens with zero attached hydrogens (tertiary/aromatic N) is 4. The van der Waals surface area contributed by atoms with Crippen LogP contribution in [0.3, 0.4) is 0 Å². The Hall–Kier alpha value is -4.95. The van der Waals surface area contributed by atoms with Gasteiger partial charge in [0.25, 0.3) is 11.8 Å². The number of hydrogen-bond donors (Lipinski definition) is 2. The van der Waals surface area contributed by atoms with Crippen LogP contribution in [0, 0.1) is 6.92 Å². The van der Waals surface area contributed by atoms with Crippen LogP contribution in [0.5, 0.6) is 5.75 Å². The molecule has 15 heteroatoms. The summed E-state index contributed by atoms with van der Waals surface area (Å²) >= 11 is 0. The Morgan fingerprint density at radius 1 is 0.907 bits per heavy atom. The number of aryl methyl sites for hydroxylation is 1. The Bertz CT molecular complexity index is 1690. The van der Waals surface area contributed by atoms with Gasteiger partial charge < -0.3 is 39.5 Å². The minimum Gasteiger partial charge on any atom is -0.483 e. The second-order valence-corrected chi connectivity index (χ2v) is 14.2. The van der Waals surface area contributed by atoms with Crippen molar-refractivity contribution in [2.75, 3.05) is 45.9 Å². The first-order valence-electron chi connectivity index (χ1n) is 19.4. The number of carbonyl (C=O) groups is 6. The number of amides is 5. The summed E-state index contributed by atoms with van der Waals surface area (Å²) in [5.41, 5.74) is 1.30. The van der Waals surface area contributed by atoms with Gasteiger partial charge in [0.2, 0.25) is 11.8 Å². The molecule has 1 aromatic carbocycles. The van der Waals surface area contributed by atoms with Gasteiger partial charge in [-0.05, 0) is 82.9 Å². The Morgan fingerprint density at radius 2 is 1.63 bits per heavy atom. The molecule has 294 valence electrons. The molecule has 5 amide bonds. The fourth-order valence-corrected chi connectivity index (χ4v) is 6.95. The molecule has 0 spiro atoms. The van der Waals surface area contributed by atoms with Gasteiger partial charge >= 0.3 is 12.1 Å². The fraction of sp³-hybridized carbons (Fsp3) is 0.615. The molecule has 54 heavy (non-hydrogen) atoms. The largest absolute Gasteiger partial charge is 0.483 e. The molecule has 2 aliphatic heterocycles. The molecule has 0 radical (unpaired) electrons. The predicted octanol–water partition coefficient (Wildman–Crippen LogP) is 3.49. The lowest BCUT2D eigenvalue weighted by Gasteiger charge is -2.36. The highest BCUT2D eigenvalue weighted by atomic mass is 16.6. The van der Waals surface area contributed by atoms with E-state index in [1.165, 1.54) is 11.0 Å². The van der Waals surface area contributed by atoms with E-state index in [2.05, 4.69) is 15.6 Å². The molecule has 0 bridgehead atoms. The number of rotatable bonds is 15. The van der Waals surface area contributed by atoms with Crippen LogP contribution in [0.1, 0.15) is 94.6 Å². The van der Waals surface area contributed by atoms with Crippen LogP contribution < -0.4 is 15.4 Å². The van der Waals surface area contributed by atoms with Gasteiger partial charge in [0.05, 0.1) is 12.1 Å². The lowest BCUT2D eigenvalue weighted by atomic mass is 9.93. The summed E-state index contributed by atoms with van der Waals surface area (Å²) in [5, 5.41) is 6.44. The van der Waals surface area contributed by atoms with Crippen molar-refractivity contribution in [2.24, 2.45) is 0 Å². The van der Waals surface area contributed by atoms with Gasteiger partial charge in [-0.2, -0.15) is 0 Å². The molecule has 2 N–H and O–H groups in total. The second kappa shape index (κ2) is 18.9. The third kappa shape index (κ3) is 10.2. The average Bonchev–Trinajstić information content (AvgIpc) is 3.66. The van der Waals surface area contributed by atoms with E-state index in [9.17, 15) is 28.8 Å². The van der Waals surface area contributed by atoms with Crippen molar-refractivity contribution in [3.8, 4) is 5.75 Å². The zero-order valence-electron chi connectivity index (χ0n) is 31.9. The summed E-state index contributed by atoms with van der Waals surface area (Å²) in [5.74, 6) is -1.76. The maximum absolute atomic E-state index is 13.9. The third-order valence-electron chi connectivity index (χ3n) is 10.4. The predicted molar refractivity (Wildman–Crippen MR) is 199 cm³/mol. The van der Waals surface area contributed by atoms with Crippen LogP contribution in [-0.2, 0) is 28.7 Å². The Balaban J connectivity index is 1.31. The molecule has 2 unspecified atom stereocenters. The van der Waals surface area contributed by atoms with E-state index in [1.807, 2.05) is 26.8 Å². The first-order valence-corrected chi connectivity index (χ1v) is 19.4. The Labute approximate surface area is 316 Å². The highest BCUT2D eigenvalue weighted by Crippen LogP contribution is 2.28. The summed E-state index contributed by atoms with van der Waals surface area (Å²) in [6.07, 6.45) is 4.79. The highest BCUT2D eigenvalue weighted by molar-refractivity contribution is 5.99. The van der Waals surface area contributed by atoms with E-state index in [4.69, 9.17) is 14.2 Å². The Kier molecular flexibility index (Phi) is 14.1. The van der Waals surface area contributed by atoms with Crippen LogP contribution in [0.2, 0.25) is 0 Å². The first kappa shape index (κ1) is 40.2. The number of nitrogens with one attached hydrogen (secondary N) is 2. The van der Waals surface area contributed by atoms with E-state index in [0.717, 1.165) is 24.8 Å². The third-order valence-corrected chi connectivity index (χ3v) is 10.4. The van der Waals surface area contributed by atoms with Gasteiger partial charge in [-0.15, -0.1) is 0 Å². The number of fused-ring (bicyclic) bond motifs is 1. The number of likely N-dealkylation sites (tertiary alicyclic amines) is 1. The molecule has 15 nitrogen and oxygen atoms in total. The van der Waals surface area contributed by atoms with Crippen molar-refractivity contribution in [1.82, 2.24) is 30.3 Å². The first-order chi connectivity index (χ1) is 26.0. The number of hydrogen-bond acceptors (Lipinski definition) is 10. The summed E-state index contributed by atoms with van der Waals surface area (Å²) in [6.45, 7) is 8.77. The standard InChI is InChI=1S/C39H54N6O9/c1-5-27(6-2)54-35(47)16-15-29(38(50)43-18-20-44(21-19-43)39(51)52-7-3)42-36(48)31-23-33(28-14-13-25(4)22-30(28)41-31)53-24-34(46)45-17-9-12-32(45)37(49)40-26-10-8-11-26/h13-14,22-23,26-27,29,32H,5-12,15-21,24H2,1-4H3,(H,40,49)(H,42,48). The van der Waals surface area contributed by atoms with Crippen LogP contribution in [0.4, 0.5) is 4.79 Å². The van der Waals surface area contributed by atoms with E-state index in [0.29, 0.717) is 43.1 Å². The van der Waals surface area contributed by atoms with Crippen molar-refractivity contribution in [3.63, 3.8) is 0 Å². The number of carbonyl (C=O) groups excluding carboxylic acids is 6. The number of esters is 1. The summed E-state index contributed by atoms with van der Waals surface area (Å²) in [4.78, 5) is 88.5. The molecule has 2 atom stereocenters. The van der Waals surface area contributed by atoms with Crippen LogP contribution in [-0.4, -0.2) is 126 Å². The zero-order valence-corrected chi connectivity index (χ0v) is 31.9. The van der Waals surface area contributed by atoms with E-state index < -0.39 is 36.0 Å². The average molecular weight is 751 g/mol. The van der Waals surface area contributed by atoms with Crippen molar-refractivity contribution in [2.45, 2.75) is 110 Å². The molecule has 1 saturated carbocycles. The zero-order chi connectivity index (χ0) is 38.8. The van der Waals surface area contributed by atoms with Crippen molar-refractivity contribution in [3.05, 3.63) is 35.5 Å². The quantitative estimate of drug-likeness (QED) is 0.256. The van der Waals surface area contributed by atoms with Crippen LogP contribution in [0.15, 0.2) is 24.3 Å². The van der Waals surface area contributed by atoms with Crippen molar-refractivity contribution >= 4 is 46.6 Å². The van der Waals surface area contributed by atoms with Gasteiger partial charge in [0.15, 0.2) is 6.61 Å².